The van der Waals surface area contributed by atoms with E-state index in [2.05, 4.69) is 10.1 Å². The summed E-state index contributed by atoms with van der Waals surface area (Å²) in [7, 11) is 2.77. The summed E-state index contributed by atoms with van der Waals surface area (Å²) in [5.74, 6) is -0.00928. The molecule has 0 radical (unpaired) electrons. The Hall–Kier alpha value is -3.09. The Balaban J connectivity index is 2.20. The summed E-state index contributed by atoms with van der Waals surface area (Å²) in [4.78, 5) is 22.0. The molecule has 0 aliphatic heterocycles. The van der Waals surface area contributed by atoms with Crippen LogP contribution in [0.25, 0.3) is 0 Å². The van der Waals surface area contributed by atoms with Crippen LogP contribution in [0.1, 0.15) is 15.9 Å². The van der Waals surface area contributed by atoms with Gasteiger partial charge < -0.3 is 14.8 Å². The second-order valence-corrected chi connectivity index (χ2v) is 4.69. The third-order valence-electron chi connectivity index (χ3n) is 3.23. The van der Waals surface area contributed by atoms with E-state index < -0.39 is 10.9 Å². The van der Waals surface area contributed by atoms with Gasteiger partial charge in [-0.15, -0.1) is 0 Å². The molecule has 2 aromatic carbocycles. The number of carbonyl (C=O) groups is 1. The summed E-state index contributed by atoms with van der Waals surface area (Å²) in [5.41, 5.74) is 1.18. The summed E-state index contributed by atoms with van der Waals surface area (Å²) in [6.45, 7) is 0.482. The van der Waals surface area contributed by atoms with E-state index in [4.69, 9.17) is 4.74 Å². The molecule has 0 bridgehead atoms. The lowest BCUT2D eigenvalue weighted by atomic mass is 10.1. The molecule has 0 amide bonds. The number of methoxy groups -OCH3 is 2. The number of nitrogens with zero attached hydrogens (tertiary/aromatic N) is 1. The van der Waals surface area contributed by atoms with Crippen molar-refractivity contribution in [2.24, 2.45) is 0 Å². The highest BCUT2D eigenvalue weighted by atomic mass is 16.6. The fourth-order valence-electron chi connectivity index (χ4n) is 2.07. The van der Waals surface area contributed by atoms with Gasteiger partial charge in [0.2, 0.25) is 0 Å². The topological polar surface area (TPSA) is 90.7 Å². The van der Waals surface area contributed by atoms with Crippen molar-refractivity contribution in [2.75, 3.05) is 19.5 Å². The maximum absolute atomic E-state index is 11.7. The molecule has 7 nitrogen and oxygen atoms in total. The Morgan fingerprint density at radius 2 is 2.00 bits per heavy atom. The average molecular weight is 316 g/mol. The van der Waals surface area contributed by atoms with Gasteiger partial charge in [0.1, 0.15) is 11.3 Å². The van der Waals surface area contributed by atoms with Crippen molar-refractivity contribution in [3.63, 3.8) is 0 Å². The monoisotopic (exact) mass is 316 g/mol. The number of nitro benzene ring substituents is 1. The van der Waals surface area contributed by atoms with Crippen LogP contribution in [0.2, 0.25) is 0 Å². The van der Waals surface area contributed by atoms with E-state index in [9.17, 15) is 14.9 Å². The summed E-state index contributed by atoms with van der Waals surface area (Å²) >= 11 is 0. The lowest BCUT2D eigenvalue weighted by molar-refractivity contribution is -0.385. The largest absolute Gasteiger partial charge is 0.497 e. The molecule has 0 unspecified atom stereocenters. The fraction of sp³-hybridized carbons (Fsp3) is 0.188. The number of nitrogens with one attached hydrogen (secondary N) is 1. The van der Waals surface area contributed by atoms with Crippen molar-refractivity contribution in [1.29, 1.82) is 0 Å². The highest BCUT2D eigenvalue weighted by Crippen LogP contribution is 2.24. The first-order valence-corrected chi connectivity index (χ1v) is 6.78. The van der Waals surface area contributed by atoms with Crippen LogP contribution in [0.5, 0.6) is 5.75 Å². The summed E-state index contributed by atoms with van der Waals surface area (Å²) in [6.07, 6.45) is 0. The number of esters is 1. The maximum atomic E-state index is 11.7. The molecule has 7 heteroatoms. The lowest BCUT2D eigenvalue weighted by Gasteiger charge is -2.09. The van der Waals surface area contributed by atoms with Crippen molar-refractivity contribution < 1.29 is 19.2 Å². The van der Waals surface area contributed by atoms with E-state index >= 15 is 0 Å². The molecular weight excluding hydrogens is 300 g/mol. The zero-order valence-electron chi connectivity index (χ0n) is 12.7. The third-order valence-corrected chi connectivity index (χ3v) is 3.23. The Bertz CT molecular complexity index is 730. The normalized spacial score (nSPS) is 10.0. The van der Waals surface area contributed by atoms with Crippen LogP contribution in [-0.2, 0) is 11.3 Å². The van der Waals surface area contributed by atoms with Gasteiger partial charge >= 0.3 is 5.97 Å². The molecule has 0 atom stereocenters. The molecule has 0 aliphatic rings. The number of anilines is 1. The molecule has 0 aliphatic carbocycles. The average Bonchev–Trinajstić information content (AvgIpc) is 2.59. The number of nitro groups is 1. The van der Waals surface area contributed by atoms with Crippen LogP contribution in [0, 0.1) is 10.1 Å². The van der Waals surface area contributed by atoms with Crippen molar-refractivity contribution in [2.45, 2.75) is 6.54 Å². The standard InChI is InChI=1S/C16H16N2O5/c1-22-13-5-3-4-11(8-13)10-17-12-6-7-15(18(20)21)14(9-12)16(19)23-2/h3-9,17H,10H2,1-2H3. The van der Waals surface area contributed by atoms with E-state index in [1.165, 1.54) is 19.2 Å². The van der Waals surface area contributed by atoms with Gasteiger partial charge in [0, 0.05) is 18.3 Å². The molecule has 1 N–H and O–H groups in total. The molecule has 0 saturated heterocycles. The van der Waals surface area contributed by atoms with Crippen LogP contribution in [0.15, 0.2) is 42.5 Å². The highest BCUT2D eigenvalue weighted by Gasteiger charge is 2.21. The minimum atomic E-state index is -0.748. The van der Waals surface area contributed by atoms with E-state index in [1.54, 1.807) is 13.2 Å². The quantitative estimate of drug-likeness (QED) is 0.500. The van der Waals surface area contributed by atoms with Gasteiger partial charge in [-0.3, -0.25) is 10.1 Å². The summed E-state index contributed by atoms with van der Waals surface area (Å²) < 4.78 is 9.74. The highest BCUT2D eigenvalue weighted by molar-refractivity contribution is 5.95. The molecule has 0 fully saturated rings. The maximum Gasteiger partial charge on any atom is 0.344 e. The number of benzene rings is 2. The van der Waals surface area contributed by atoms with Gasteiger partial charge in [-0.1, -0.05) is 12.1 Å². The molecule has 23 heavy (non-hydrogen) atoms. The molecule has 0 heterocycles. The first-order chi connectivity index (χ1) is 11.0. The summed E-state index contributed by atoms with van der Waals surface area (Å²) in [6, 6.07) is 11.7. The van der Waals surface area contributed by atoms with Crippen LogP contribution >= 0.6 is 0 Å². The van der Waals surface area contributed by atoms with Crippen LogP contribution in [0.4, 0.5) is 11.4 Å². The molecule has 2 aromatic rings. The van der Waals surface area contributed by atoms with Crippen LogP contribution in [-0.4, -0.2) is 25.1 Å². The number of hydrogen-bond acceptors (Lipinski definition) is 6. The predicted octanol–water partition coefficient (Wildman–Crippen LogP) is 3.00. The van der Waals surface area contributed by atoms with Crippen molar-refractivity contribution in [1.82, 2.24) is 0 Å². The van der Waals surface area contributed by atoms with E-state index in [1.807, 2.05) is 24.3 Å². The second kappa shape index (κ2) is 7.26. The third kappa shape index (κ3) is 3.97. The number of ether oxygens (including phenoxy) is 2. The Morgan fingerprint density at radius 1 is 1.22 bits per heavy atom. The number of hydrogen-bond donors (Lipinski definition) is 1. The SMILES string of the molecule is COC(=O)c1cc(NCc2cccc(OC)c2)ccc1[N+](=O)[O-]. The molecule has 0 spiro atoms. The Morgan fingerprint density at radius 3 is 2.65 bits per heavy atom. The smallest absolute Gasteiger partial charge is 0.344 e. The second-order valence-electron chi connectivity index (χ2n) is 4.69. The van der Waals surface area contributed by atoms with E-state index in [0.717, 1.165) is 11.3 Å². The zero-order valence-corrected chi connectivity index (χ0v) is 12.7. The lowest BCUT2D eigenvalue weighted by Crippen LogP contribution is -2.07. The van der Waals surface area contributed by atoms with E-state index in [0.29, 0.717) is 12.2 Å². The van der Waals surface area contributed by atoms with Gasteiger partial charge in [-0.2, -0.15) is 0 Å². The van der Waals surface area contributed by atoms with Crippen molar-refractivity contribution in [3.8, 4) is 5.75 Å². The molecule has 120 valence electrons. The zero-order chi connectivity index (χ0) is 16.8. The van der Waals surface area contributed by atoms with Gasteiger partial charge in [-0.05, 0) is 29.8 Å². The minimum Gasteiger partial charge on any atom is -0.497 e. The predicted molar refractivity (Wildman–Crippen MR) is 84.8 cm³/mol. The van der Waals surface area contributed by atoms with Gasteiger partial charge in [0.15, 0.2) is 0 Å². The Labute approximate surface area is 133 Å². The molecule has 0 aromatic heterocycles. The van der Waals surface area contributed by atoms with Crippen LogP contribution < -0.4 is 10.1 Å². The first kappa shape index (κ1) is 16.3. The van der Waals surface area contributed by atoms with Crippen LogP contribution in [0.3, 0.4) is 0 Å². The Kier molecular flexibility index (Phi) is 5.14. The first-order valence-electron chi connectivity index (χ1n) is 6.78. The molecular formula is C16H16N2O5. The van der Waals surface area contributed by atoms with Crippen molar-refractivity contribution in [3.05, 3.63) is 63.7 Å². The molecule has 2 rings (SSSR count). The van der Waals surface area contributed by atoms with Gasteiger partial charge in [0.05, 0.1) is 19.1 Å². The van der Waals surface area contributed by atoms with Crippen molar-refractivity contribution >= 4 is 17.3 Å². The number of rotatable bonds is 6. The van der Waals surface area contributed by atoms with Gasteiger partial charge in [-0.25, -0.2) is 4.79 Å². The summed E-state index contributed by atoms with van der Waals surface area (Å²) in [5, 5.41) is 14.1. The number of carbonyl (C=O) groups excluding carboxylic acids is 1. The fourth-order valence-corrected chi connectivity index (χ4v) is 2.07. The van der Waals surface area contributed by atoms with Gasteiger partial charge in [0.25, 0.3) is 5.69 Å². The minimum absolute atomic E-state index is 0.0897. The van der Waals surface area contributed by atoms with E-state index in [-0.39, 0.29) is 11.3 Å². The molecule has 0 saturated carbocycles.